The number of aliphatic hydroxyl groups excluding tert-OH is 1. The number of carbonyl (C=O) groups excluding carboxylic acids is 2. The van der Waals surface area contributed by atoms with Crippen LogP contribution in [0.25, 0.3) is 11.1 Å². The van der Waals surface area contributed by atoms with Crippen molar-refractivity contribution in [2.24, 2.45) is 5.92 Å². The average molecular weight is 559 g/mol. The highest BCUT2D eigenvalue weighted by molar-refractivity contribution is 6.01. The molecule has 0 saturated heterocycles. The van der Waals surface area contributed by atoms with Crippen molar-refractivity contribution in [1.82, 2.24) is 15.1 Å². The lowest BCUT2D eigenvalue weighted by Crippen LogP contribution is -2.49. The molecule has 0 aromatic heterocycles. The van der Waals surface area contributed by atoms with Gasteiger partial charge in [0.25, 0.3) is 5.91 Å². The number of nitrogens with zero attached hydrogens (tertiary/aromatic N) is 2. The molecule has 0 fully saturated rings. The smallest absolute Gasteiger partial charge is 0.319 e. The number of para-hydroxylation sites is 1. The number of hydrogen-bond acceptors (Lipinski definition) is 5. The molecule has 1 heterocycles. The summed E-state index contributed by atoms with van der Waals surface area (Å²) in [7, 11) is 2.06. The summed E-state index contributed by atoms with van der Waals surface area (Å²) < 4.78 is 6.61. The van der Waals surface area contributed by atoms with Gasteiger partial charge >= 0.3 is 6.03 Å². The molecular weight excluding hydrogens is 516 g/mol. The minimum absolute atomic E-state index is 0.0402. The van der Waals surface area contributed by atoms with Gasteiger partial charge in [0.2, 0.25) is 0 Å². The molecule has 218 valence electrons. The number of aliphatic hydroxyl groups is 1. The molecule has 3 N–H and O–H groups in total. The number of hydrogen-bond donors (Lipinski definition) is 3. The lowest BCUT2D eigenvalue weighted by Gasteiger charge is -2.38. The van der Waals surface area contributed by atoms with Gasteiger partial charge in [-0.15, -0.1) is 0 Å². The van der Waals surface area contributed by atoms with Gasteiger partial charge in [0.05, 0.1) is 23.9 Å². The fourth-order valence-electron chi connectivity index (χ4n) is 5.10. The summed E-state index contributed by atoms with van der Waals surface area (Å²) in [5.41, 5.74) is 4.34. The predicted molar refractivity (Wildman–Crippen MR) is 163 cm³/mol. The van der Waals surface area contributed by atoms with Crippen molar-refractivity contribution < 1.29 is 19.4 Å². The highest BCUT2D eigenvalue weighted by Crippen LogP contribution is 2.35. The Morgan fingerprint density at radius 2 is 1.71 bits per heavy atom. The van der Waals surface area contributed by atoms with Crippen molar-refractivity contribution in [3.05, 3.63) is 83.9 Å². The molecule has 3 aromatic rings. The molecule has 0 aliphatic carbocycles. The summed E-state index contributed by atoms with van der Waals surface area (Å²) in [6.45, 7) is 9.28. The van der Waals surface area contributed by atoms with Gasteiger partial charge in [-0.25, -0.2) is 4.79 Å². The lowest BCUT2D eigenvalue weighted by atomic mass is 9.98. The van der Waals surface area contributed by atoms with E-state index in [4.69, 9.17) is 4.74 Å². The Balaban J connectivity index is 1.57. The van der Waals surface area contributed by atoms with Gasteiger partial charge in [-0.2, -0.15) is 0 Å². The quantitative estimate of drug-likeness (QED) is 0.334. The second kappa shape index (κ2) is 13.7. The molecule has 8 nitrogen and oxygen atoms in total. The second-order valence-electron chi connectivity index (χ2n) is 11.3. The Hall–Kier alpha value is -3.88. The van der Waals surface area contributed by atoms with Crippen LogP contribution in [0.15, 0.2) is 72.8 Å². The van der Waals surface area contributed by atoms with Crippen LogP contribution in [-0.2, 0) is 6.54 Å². The van der Waals surface area contributed by atoms with E-state index < -0.39 is 0 Å². The van der Waals surface area contributed by atoms with Crippen LogP contribution >= 0.6 is 0 Å². The van der Waals surface area contributed by atoms with Crippen molar-refractivity contribution in [1.29, 1.82) is 0 Å². The minimum atomic E-state index is -0.368. The molecule has 0 radical (unpaired) electrons. The molecule has 0 spiro atoms. The molecule has 0 unspecified atom stereocenters. The number of fused-ring (bicyclic) bond motifs is 1. The number of nitrogens with one attached hydrogen (secondary N) is 2. The third-order valence-corrected chi connectivity index (χ3v) is 7.36. The van der Waals surface area contributed by atoms with Crippen LogP contribution in [0, 0.1) is 5.92 Å². The van der Waals surface area contributed by atoms with Crippen LogP contribution in [0.4, 0.5) is 10.5 Å². The minimum Gasteiger partial charge on any atom is -0.486 e. The number of anilines is 1. The van der Waals surface area contributed by atoms with Crippen molar-refractivity contribution in [3.63, 3.8) is 0 Å². The van der Waals surface area contributed by atoms with Crippen LogP contribution in [0.2, 0.25) is 0 Å². The molecule has 0 bridgehead atoms. The Morgan fingerprint density at radius 1 is 1.02 bits per heavy atom. The zero-order valence-corrected chi connectivity index (χ0v) is 24.6. The van der Waals surface area contributed by atoms with E-state index in [2.05, 4.69) is 65.9 Å². The molecule has 1 aliphatic rings. The fraction of sp³-hybridized carbons (Fsp3) is 0.394. The van der Waals surface area contributed by atoms with E-state index in [0.29, 0.717) is 30.1 Å². The van der Waals surface area contributed by atoms with Gasteiger partial charge in [0, 0.05) is 31.6 Å². The van der Waals surface area contributed by atoms with Crippen molar-refractivity contribution >= 4 is 17.6 Å². The number of urea groups is 1. The molecule has 0 saturated carbocycles. The van der Waals surface area contributed by atoms with E-state index in [-0.39, 0.29) is 42.7 Å². The molecule has 1 aliphatic heterocycles. The first-order chi connectivity index (χ1) is 19.7. The number of amides is 3. The van der Waals surface area contributed by atoms with Crippen LogP contribution in [0.5, 0.6) is 5.75 Å². The van der Waals surface area contributed by atoms with Gasteiger partial charge in [-0.1, -0.05) is 67.6 Å². The van der Waals surface area contributed by atoms with Crippen molar-refractivity contribution in [2.75, 3.05) is 32.1 Å². The largest absolute Gasteiger partial charge is 0.486 e. The molecule has 3 atom stereocenters. The molecule has 3 amide bonds. The van der Waals surface area contributed by atoms with Gasteiger partial charge in [0.1, 0.15) is 6.10 Å². The van der Waals surface area contributed by atoms with Gasteiger partial charge in [-0.3, -0.25) is 9.69 Å². The average Bonchev–Trinajstić information content (AvgIpc) is 2.95. The van der Waals surface area contributed by atoms with Gasteiger partial charge in [0.15, 0.2) is 5.75 Å². The number of carbonyl (C=O) groups is 2. The van der Waals surface area contributed by atoms with Gasteiger partial charge in [-0.05, 0) is 56.6 Å². The molecule has 4 rings (SSSR count). The number of rotatable bonds is 9. The van der Waals surface area contributed by atoms with E-state index in [9.17, 15) is 14.7 Å². The Morgan fingerprint density at radius 3 is 2.37 bits per heavy atom. The van der Waals surface area contributed by atoms with E-state index in [1.54, 1.807) is 23.1 Å². The highest BCUT2D eigenvalue weighted by atomic mass is 16.5. The third-order valence-electron chi connectivity index (χ3n) is 7.36. The van der Waals surface area contributed by atoms with E-state index in [1.807, 2.05) is 39.0 Å². The third kappa shape index (κ3) is 7.65. The van der Waals surface area contributed by atoms with Crippen molar-refractivity contribution in [2.45, 2.75) is 52.4 Å². The van der Waals surface area contributed by atoms with Crippen LogP contribution in [0.1, 0.15) is 43.6 Å². The normalized spacial score (nSPS) is 17.9. The van der Waals surface area contributed by atoms with Crippen LogP contribution in [-0.4, -0.2) is 71.8 Å². The number of ether oxygens (including phenoxy) is 1. The summed E-state index contributed by atoms with van der Waals surface area (Å²) in [5.74, 6) is 0.0805. The topological polar surface area (TPSA) is 94.1 Å². The summed E-state index contributed by atoms with van der Waals surface area (Å²) in [6, 6.07) is 23.3. The Labute approximate surface area is 243 Å². The molecule has 8 heteroatoms. The zero-order valence-electron chi connectivity index (χ0n) is 24.6. The predicted octanol–water partition coefficient (Wildman–Crippen LogP) is 5.24. The maximum Gasteiger partial charge on any atom is 0.319 e. The van der Waals surface area contributed by atoms with E-state index in [1.165, 1.54) is 16.7 Å². The van der Waals surface area contributed by atoms with Crippen LogP contribution in [0.3, 0.4) is 0 Å². The first kappa shape index (κ1) is 30.1. The monoisotopic (exact) mass is 558 g/mol. The Bertz CT molecular complexity index is 1310. The maximum atomic E-state index is 13.6. The SMILES string of the molecule is CC(C)NC(=O)Nc1cccc2c1O[C@H](CN(C)Cc1ccc(-c3ccccc3)cc1)[C@H](C)CN([C@@H](C)CO)C2=O. The Kier molecular flexibility index (Phi) is 10.0. The number of benzene rings is 3. The van der Waals surface area contributed by atoms with Gasteiger partial charge < -0.3 is 25.4 Å². The number of likely N-dealkylation sites (N-methyl/N-ethyl adjacent to an activating group) is 1. The first-order valence-corrected chi connectivity index (χ1v) is 14.3. The standard InChI is InChI=1S/C33H42N4O4/c1-22(2)34-33(40)35-29-13-9-12-28-31(29)41-30(23(3)18-37(32(28)39)24(4)21-38)20-36(5)19-25-14-16-27(17-15-25)26-10-7-6-8-11-26/h6-17,22-24,30,38H,18-21H2,1-5H3,(H2,34,35,40)/t23-,24+,30-/m1/s1. The second-order valence-corrected chi connectivity index (χ2v) is 11.3. The lowest BCUT2D eigenvalue weighted by molar-refractivity contribution is 0.0343. The summed E-state index contributed by atoms with van der Waals surface area (Å²) in [4.78, 5) is 30.2. The van der Waals surface area contributed by atoms with Crippen LogP contribution < -0.4 is 15.4 Å². The maximum absolute atomic E-state index is 13.6. The van der Waals surface area contributed by atoms with Crippen molar-refractivity contribution in [3.8, 4) is 16.9 Å². The van der Waals surface area contributed by atoms with E-state index >= 15 is 0 Å². The highest BCUT2D eigenvalue weighted by Gasteiger charge is 2.34. The summed E-state index contributed by atoms with van der Waals surface area (Å²) in [6.07, 6.45) is -0.278. The van der Waals surface area contributed by atoms with E-state index in [0.717, 1.165) is 6.54 Å². The summed E-state index contributed by atoms with van der Waals surface area (Å²) in [5, 5.41) is 15.6. The molecule has 3 aromatic carbocycles. The molecule has 41 heavy (non-hydrogen) atoms. The summed E-state index contributed by atoms with van der Waals surface area (Å²) >= 11 is 0. The first-order valence-electron chi connectivity index (χ1n) is 14.3. The zero-order chi connectivity index (χ0) is 29.5. The molecular formula is C33H42N4O4. The fourth-order valence-corrected chi connectivity index (χ4v) is 5.10.